The van der Waals surface area contributed by atoms with Crippen molar-refractivity contribution in [3.63, 3.8) is 0 Å². The molecule has 1 aromatic carbocycles. The molecule has 0 radical (unpaired) electrons. The second-order valence-electron chi connectivity index (χ2n) is 4.93. The summed E-state index contributed by atoms with van der Waals surface area (Å²) in [6.45, 7) is 1.61. The van der Waals surface area contributed by atoms with E-state index in [4.69, 9.17) is 26.8 Å². The Morgan fingerprint density at radius 3 is 2.96 bits per heavy atom. The van der Waals surface area contributed by atoms with Crippen LogP contribution in [0.2, 0.25) is 5.02 Å². The number of aromatic nitrogens is 2. The lowest BCUT2D eigenvalue weighted by atomic mass is 10.1. The van der Waals surface area contributed by atoms with Crippen LogP contribution in [0.25, 0.3) is 0 Å². The van der Waals surface area contributed by atoms with Crippen LogP contribution in [0.1, 0.15) is 16.1 Å². The second kappa shape index (κ2) is 6.70. The number of halogens is 1. The number of anilines is 1. The Labute approximate surface area is 137 Å². The molecule has 120 valence electrons. The first-order valence-electron chi connectivity index (χ1n) is 7.07. The van der Waals surface area contributed by atoms with Crippen LogP contribution in [0.4, 0.5) is 5.82 Å². The Hall–Kier alpha value is -2.54. The van der Waals surface area contributed by atoms with Crippen LogP contribution in [-0.2, 0) is 6.42 Å². The van der Waals surface area contributed by atoms with Crippen molar-refractivity contribution in [2.75, 3.05) is 25.1 Å². The molecule has 0 atom stereocenters. The van der Waals surface area contributed by atoms with E-state index in [1.54, 1.807) is 0 Å². The van der Waals surface area contributed by atoms with Gasteiger partial charge in [0.05, 0.1) is 17.4 Å². The molecule has 7 nitrogen and oxygen atoms in total. The molecule has 1 aliphatic rings. The van der Waals surface area contributed by atoms with E-state index in [-0.39, 0.29) is 5.69 Å². The lowest BCUT2D eigenvalue weighted by Crippen LogP contribution is -2.16. The van der Waals surface area contributed by atoms with Gasteiger partial charge in [0.1, 0.15) is 24.7 Å². The molecule has 3 rings (SSSR count). The molecule has 0 saturated heterocycles. The first kappa shape index (κ1) is 15.4. The zero-order chi connectivity index (χ0) is 16.2. The molecule has 0 bridgehead atoms. The zero-order valence-electron chi connectivity index (χ0n) is 12.2. The van der Waals surface area contributed by atoms with Crippen LogP contribution in [0.5, 0.6) is 11.5 Å². The van der Waals surface area contributed by atoms with Crippen molar-refractivity contribution in [2.24, 2.45) is 5.73 Å². The Balaban J connectivity index is 1.64. The number of ether oxygens (including phenoxy) is 2. The summed E-state index contributed by atoms with van der Waals surface area (Å²) in [6.07, 6.45) is 3.55. The van der Waals surface area contributed by atoms with Gasteiger partial charge in [0.15, 0.2) is 11.5 Å². The van der Waals surface area contributed by atoms with Crippen LogP contribution in [0, 0.1) is 0 Å². The van der Waals surface area contributed by atoms with Gasteiger partial charge in [-0.2, -0.15) is 0 Å². The largest absolute Gasteiger partial charge is 0.486 e. The van der Waals surface area contributed by atoms with E-state index in [2.05, 4.69) is 15.3 Å². The molecule has 0 unspecified atom stereocenters. The SMILES string of the molecule is NC(=O)c1cncc(NCCc2cc(Cl)c3c(c2)OCCO3)n1. The van der Waals surface area contributed by atoms with E-state index in [0.717, 1.165) is 5.56 Å². The zero-order valence-corrected chi connectivity index (χ0v) is 13.0. The highest BCUT2D eigenvalue weighted by molar-refractivity contribution is 6.32. The average molecular weight is 335 g/mol. The minimum atomic E-state index is -0.611. The highest BCUT2D eigenvalue weighted by Gasteiger charge is 2.16. The molecule has 1 amide bonds. The van der Waals surface area contributed by atoms with E-state index in [1.807, 2.05) is 12.1 Å². The third-order valence-electron chi connectivity index (χ3n) is 3.26. The van der Waals surface area contributed by atoms with Gasteiger partial charge >= 0.3 is 0 Å². The van der Waals surface area contributed by atoms with Gasteiger partial charge in [-0.25, -0.2) is 4.98 Å². The molecule has 1 aliphatic heterocycles. The summed E-state index contributed by atoms with van der Waals surface area (Å²) in [5.74, 6) is 1.13. The molecule has 0 aliphatic carbocycles. The number of nitrogens with two attached hydrogens (primary N) is 1. The van der Waals surface area contributed by atoms with E-state index in [1.165, 1.54) is 12.4 Å². The lowest BCUT2D eigenvalue weighted by Gasteiger charge is -2.20. The molecule has 23 heavy (non-hydrogen) atoms. The topological polar surface area (TPSA) is 99.4 Å². The van der Waals surface area contributed by atoms with E-state index >= 15 is 0 Å². The van der Waals surface area contributed by atoms with Gasteiger partial charge in [-0.05, 0) is 24.1 Å². The van der Waals surface area contributed by atoms with Crippen LogP contribution >= 0.6 is 11.6 Å². The predicted molar refractivity (Wildman–Crippen MR) is 85.2 cm³/mol. The number of hydrogen-bond donors (Lipinski definition) is 2. The van der Waals surface area contributed by atoms with Crippen molar-refractivity contribution in [3.05, 3.63) is 40.8 Å². The third kappa shape index (κ3) is 3.62. The molecule has 1 aromatic heterocycles. The summed E-state index contributed by atoms with van der Waals surface area (Å²) < 4.78 is 11.0. The summed E-state index contributed by atoms with van der Waals surface area (Å²) in [5, 5.41) is 3.63. The first-order chi connectivity index (χ1) is 11.1. The fourth-order valence-corrected chi connectivity index (χ4v) is 2.50. The van der Waals surface area contributed by atoms with Crippen molar-refractivity contribution in [2.45, 2.75) is 6.42 Å². The minimum absolute atomic E-state index is 0.123. The maximum absolute atomic E-state index is 11.1. The van der Waals surface area contributed by atoms with Crippen molar-refractivity contribution >= 4 is 23.3 Å². The van der Waals surface area contributed by atoms with Crippen molar-refractivity contribution in [1.29, 1.82) is 0 Å². The van der Waals surface area contributed by atoms with E-state index in [9.17, 15) is 4.79 Å². The molecule has 0 saturated carbocycles. The van der Waals surface area contributed by atoms with Crippen LogP contribution in [0.15, 0.2) is 24.5 Å². The summed E-state index contributed by atoms with van der Waals surface area (Å²) >= 11 is 6.20. The first-order valence-corrected chi connectivity index (χ1v) is 7.45. The number of carbonyl (C=O) groups excluding carboxylic acids is 1. The summed E-state index contributed by atoms with van der Waals surface area (Å²) in [7, 11) is 0. The van der Waals surface area contributed by atoms with Gasteiger partial charge in [0.25, 0.3) is 5.91 Å². The number of nitrogens with zero attached hydrogens (tertiary/aromatic N) is 2. The lowest BCUT2D eigenvalue weighted by molar-refractivity contribution is 0.0995. The average Bonchev–Trinajstić information content (AvgIpc) is 2.55. The quantitative estimate of drug-likeness (QED) is 0.862. The molecule has 2 heterocycles. The highest BCUT2D eigenvalue weighted by Crippen LogP contribution is 2.38. The predicted octanol–water partition coefficient (Wildman–Crippen LogP) is 1.65. The number of fused-ring (bicyclic) bond motifs is 1. The van der Waals surface area contributed by atoms with Crippen LogP contribution in [-0.4, -0.2) is 35.6 Å². The second-order valence-corrected chi connectivity index (χ2v) is 5.34. The highest BCUT2D eigenvalue weighted by atomic mass is 35.5. The molecule has 8 heteroatoms. The number of nitrogens with one attached hydrogen (secondary N) is 1. The normalized spacial score (nSPS) is 12.7. The van der Waals surface area contributed by atoms with E-state index < -0.39 is 5.91 Å². The van der Waals surface area contributed by atoms with Crippen molar-refractivity contribution in [1.82, 2.24) is 9.97 Å². The number of carbonyl (C=O) groups is 1. The fraction of sp³-hybridized carbons (Fsp3) is 0.267. The Morgan fingerprint density at radius 1 is 1.30 bits per heavy atom. The Morgan fingerprint density at radius 2 is 2.13 bits per heavy atom. The third-order valence-corrected chi connectivity index (χ3v) is 3.54. The van der Waals surface area contributed by atoms with Crippen LogP contribution < -0.4 is 20.5 Å². The van der Waals surface area contributed by atoms with Gasteiger partial charge in [0, 0.05) is 6.54 Å². The molecule has 2 aromatic rings. The molecular weight excluding hydrogens is 320 g/mol. The molecular formula is C15H15ClN4O3. The number of amides is 1. The van der Waals surface area contributed by atoms with Gasteiger partial charge < -0.3 is 20.5 Å². The minimum Gasteiger partial charge on any atom is -0.486 e. The summed E-state index contributed by atoms with van der Waals surface area (Å²) in [4.78, 5) is 19.1. The summed E-state index contributed by atoms with van der Waals surface area (Å²) in [5.41, 5.74) is 6.30. The number of hydrogen-bond acceptors (Lipinski definition) is 6. The maximum atomic E-state index is 11.1. The fourth-order valence-electron chi connectivity index (χ4n) is 2.21. The molecule has 3 N–H and O–H groups in total. The van der Waals surface area contributed by atoms with Gasteiger partial charge in [-0.3, -0.25) is 9.78 Å². The molecule has 0 fully saturated rings. The van der Waals surface area contributed by atoms with E-state index in [0.29, 0.717) is 48.5 Å². The molecule has 0 spiro atoms. The van der Waals surface area contributed by atoms with Gasteiger partial charge in [0.2, 0.25) is 0 Å². The Kier molecular flexibility index (Phi) is 4.47. The van der Waals surface area contributed by atoms with Crippen LogP contribution in [0.3, 0.4) is 0 Å². The van der Waals surface area contributed by atoms with Crippen molar-refractivity contribution in [3.8, 4) is 11.5 Å². The summed E-state index contributed by atoms with van der Waals surface area (Å²) in [6, 6.07) is 3.76. The number of rotatable bonds is 5. The number of primary amides is 1. The number of benzene rings is 1. The smallest absolute Gasteiger partial charge is 0.268 e. The van der Waals surface area contributed by atoms with Crippen molar-refractivity contribution < 1.29 is 14.3 Å². The Bertz CT molecular complexity index is 739. The maximum Gasteiger partial charge on any atom is 0.268 e. The standard InChI is InChI=1S/C15H15ClN4O3/c16-10-5-9(6-12-14(10)23-4-3-22-12)1-2-19-13-8-18-7-11(20-13)15(17)21/h5-8H,1-4H2,(H2,17,21)(H,19,20). The van der Waals surface area contributed by atoms with Gasteiger partial charge in [-0.15, -0.1) is 0 Å². The van der Waals surface area contributed by atoms with Gasteiger partial charge in [-0.1, -0.05) is 11.6 Å². The monoisotopic (exact) mass is 334 g/mol.